The highest BCUT2D eigenvalue weighted by molar-refractivity contribution is 9.10. The Bertz CT molecular complexity index is 1050. The number of carbonyl (C=O) groups is 1. The number of halogens is 3. The molecule has 0 spiro atoms. The Morgan fingerprint density at radius 3 is 2.70 bits per heavy atom. The van der Waals surface area contributed by atoms with Gasteiger partial charge in [0.25, 0.3) is 0 Å². The number of hydrogen-bond donors (Lipinski definition) is 1. The molecule has 8 heteroatoms. The molecule has 30 heavy (non-hydrogen) atoms. The van der Waals surface area contributed by atoms with Gasteiger partial charge in [-0.3, -0.25) is 4.79 Å². The quantitative estimate of drug-likeness (QED) is 0.229. The Morgan fingerprint density at radius 2 is 1.93 bits per heavy atom. The minimum absolute atomic E-state index is 0.0826. The largest absolute Gasteiger partial charge is 0.488 e. The summed E-state index contributed by atoms with van der Waals surface area (Å²) in [5.74, 6) is 0.175. The normalized spacial score (nSPS) is 10.9. The van der Waals surface area contributed by atoms with E-state index in [0.29, 0.717) is 21.9 Å². The van der Waals surface area contributed by atoms with Crippen molar-refractivity contribution >= 4 is 51.4 Å². The molecule has 3 aromatic carbocycles. The molecule has 1 N–H and O–H groups in total. The summed E-state index contributed by atoms with van der Waals surface area (Å²) in [5.41, 5.74) is 3.59. The van der Waals surface area contributed by atoms with Crippen LogP contribution in [0.4, 0.5) is 4.39 Å². The summed E-state index contributed by atoms with van der Waals surface area (Å²) in [4.78, 5) is 13.0. The molecule has 0 saturated heterocycles. The topological polar surface area (TPSA) is 50.7 Å². The van der Waals surface area contributed by atoms with Crippen LogP contribution in [0, 0.1) is 5.82 Å². The number of benzene rings is 3. The minimum atomic E-state index is -0.324. The second-order valence-electron chi connectivity index (χ2n) is 6.10. The van der Waals surface area contributed by atoms with Gasteiger partial charge in [-0.15, -0.1) is 11.8 Å². The molecule has 0 unspecified atom stereocenters. The van der Waals surface area contributed by atoms with Gasteiger partial charge < -0.3 is 4.74 Å². The molecule has 3 rings (SSSR count). The van der Waals surface area contributed by atoms with E-state index < -0.39 is 0 Å². The van der Waals surface area contributed by atoms with Crippen molar-refractivity contribution in [2.75, 3.05) is 5.75 Å². The van der Waals surface area contributed by atoms with E-state index in [1.165, 1.54) is 24.0 Å². The van der Waals surface area contributed by atoms with Crippen LogP contribution in [0.3, 0.4) is 0 Å². The second kappa shape index (κ2) is 11.2. The molecule has 0 aromatic heterocycles. The van der Waals surface area contributed by atoms with Crippen LogP contribution in [-0.2, 0) is 11.4 Å². The smallest absolute Gasteiger partial charge is 0.250 e. The number of rotatable bonds is 8. The zero-order chi connectivity index (χ0) is 21.3. The summed E-state index contributed by atoms with van der Waals surface area (Å²) >= 11 is 10.6. The van der Waals surface area contributed by atoms with Crippen LogP contribution in [0.1, 0.15) is 11.1 Å². The monoisotopic (exact) mass is 506 g/mol. The molecule has 0 heterocycles. The fraction of sp³-hybridized carbons (Fsp3) is 0.0909. The summed E-state index contributed by atoms with van der Waals surface area (Å²) in [6, 6.07) is 19.1. The van der Waals surface area contributed by atoms with Crippen LogP contribution >= 0.6 is 39.3 Å². The first-order valence-electron chi connectivity index (χ1n) is 8.87. The van der Waals surface area contributed by atoms with Gasteiger partial charge in [0.15, 0.2) is 0 Å². The zero-order valence-electron chi connectivity index (χ0n) is 15.6. The Kier molecular flexibility index (Phi) is 8.30. The van der Waals surface area contributed by atoms with Crippen molar-refractivity contribution in [1.29, 1.82) is 0 Å². The third kappa shape index (κ3) is 6.86. The summed E-state index contributed by atoms with van der Waals surface area (Å²) in [6.45, 7) is 0.0826. The molecule has 0 aliphatic heterocycles. The number of nitrogens with zero attached hydrogens (tertiary/aromatic N) is 1. The second-order valence-corrected chi connectivity index (χ2v) is 8.50. The van der Waals surface area contributed by atoms with E-state index in [1.807, 2.05) is 18.2 Å². The summed E-state index contributed by atoms with van der Waals surface area (Å²) in [7, 11) is 0. The van der Waals surface area contributed by atoms with Crippen LogP contribution in [0.2, 0.25) is 5.02 Å². The molecule has 3 aromatic rings. The summed E-state index contributed by atoms with van der Waals surface area (Å²) in [6.07, 6.45) is 1.49. The number of thioether (sulfide) groups is 1. The van der Waals surface area contributed by atoms with E-state index in [1.54, 1.807) is 42.5 Å². The lowest BCUT2D eigenvalue weighted by Gasteiger charge is -2.10. The number of nitrogens with one attached hydrogen (secondary N) is 1. The average Bonchev–Trinajstić information content (AvgIpc) is 2.74. The first-order chi connectivity index (χ1) is 14.5. The number of amides is 1. The van der Waals surface area contributed by atoms with Crippen LogP contribution in [0.15, 0.2) is 81.2 Å². The molecular formula is C22H17BrClFN2O2S. The van der Waals surface area contributed by atoms with Crippen LogP contribution < -0.4 is 10.2 Å². The third-order valence-electron chi connectivity index (χ3n) is 3.89. The first kappa shape index (κ1) is 22.3. The fourth-order valence-electron chi connectivity index (χ4n) is 2.41. The lowest BCUT2D eigenvalue weighted by Crippen LogP contribution is -2.19. The predicted molar refractivity (Wildman–Crippen MR) is 123 cm³/mol. The van der Waals surface area contributed by atoms with Crippen molar-refractivity contribution in [3.8, 4) is 5.75 Å². The highest BCUT2D eigenvalue weighted by Gasteiger charge is 2.07. The van der Waals surface area contributed by atoms with E-state index in [-0.39, 0.29) is 24.1 Å². The lowest BCUT2D eigenvalue weighted by atomic mass is 10.2. The SMILES string of the molecule is O=C(CSc1ccc(Cl)cc1)N/N=C\c1cc(Br)ccc1OCc1ccccc1F. The van der Waals surface area contributed by atoms with Crippen molar-refractivity contribution in [2.24, 2.45) is 5.10 Å². The van der Waals surface area contributed by atoms with Crippen molar-refractivity contribution in [2.45, 2.75) is 11.5 Å². The number of hydrogen-bond acceptors (Lipinski definition) is 4. The van der Waals surface area contributed by atoms with Gasteiger partial charge in [-0.2, -0.15) is 5.10 Å². The molecule has 4 nitrogen and oxygen atoms in total. The fourth-order valence-corrected chi connectivity index (χ4v) is 3.60. The van der Waals surface area contributed by atoms with Crippen LogP contribution in [-0.4, -0.2) is 17.9 Å². The van der Waals surface area contributed by atoms with E-state index in [9.17, 15) is 9.18 Å². The summed E-state index contributed by atoms with van der Waals surface area (Å²) in [5, 5.41) is 4.66. The minimum Gasteiger partial charge on any atom is -0.488 e. The van der Waals surface area contributed by atoms with Gasteiger partial charge in [0, 0.05) is 25.5 Å². The van der Waals surface area contributed by atoms with Crippen molar-refractivity contribution < 1.29 is 13.9 Å². The van der Waals surface area contributed by atoms with Crippen molar-refractivity contribution in [3.63, 3.8) is 0 Å². The average molecular weight is 508 g/mol. The maximum Gasteiger partial charge on any atom is 0.250 e. The van der Waals surface area contributed by atoms with Gasteiger partial charge in [0.1, 0.15) is 18.2 Å². The molecule has 0 radical (unpaired) electrons. The standard InChI is InChI=1S/C22H17BrClFN2O2S/c23-17-5-10-21(29-13-15-3-1-2-4-20(15)25)16(11-17)12-26-27-22(28)14-30-19-8-6-18(24)7-9-19/h1-12H,13-14H2,(H,27,28)/b26-12-. The predicted octanol–water partition coefficient (Wildman–Crippen LogP) is 6.06. The zero-order valence-corrected chi connectivity index (χ0v) is 18.8. The van der Waals surface area contributed by atoms with Gasteiger partial charge in [-0.25, -0.2) is 9.82 Å². The molecule has 0 aliphatic rings. The number of hydrazone groups is 1. The Labute approximate surface area is 191 Å². The van der Waals surface area contributed by atoms with Gasteiger partial charge in [0.2, 0.25) is 5.91 Å². The first-order valence-corrected chi connectivity index (χ1v) is 11.0. The lowest BCUT2D eigenvalue weighted by molar-refractivity contribution is -0.118. The maximum absolute atomic E-state index is 13.8. The van der Waals surface area contributed by atoms with Crippen molar-refractivity contribution in [1.82, 2.24) is 5.43 Å². The third-order valence-corrected chi connectivity index (χ3v) is 5.65. The van der Waals surface area contributed by atoms with E-state index >= 15 is 0 Å². The van der Waals surface area contributed by atoms with E-state index in [4.69, 9.17) is 16.3 Å². The van der Waals surface area contributed by atoms with Gasteiger partial charge in [-0.05, 0) is 48.5 Å². The van der Waals surface area contributed by atoms with Gasteiger partial charge in [0.05, 0.1) is 12.0 Å². The molecule has 0 aliphatic carbocycles. The molecule has 0 bridgehead atoms. The molecule has 1 amide bonds. The Balaban J connectivity index is 1.57. The maximum atomic E-state index is 13.8. The van der Waals surface area contributed by atoms with Gasteiger partial charge >= 0.3 is 0 Å². The molecule has 154 valence electrons. The Hall–Kier alpha value is -2.35. The van der Waals surface area contributed by atoms with Crippen LogP contribution in [0.5, 0.6) is 5.75 Å². The van der Waals surface area contributed by atoms with E-state index in [2.05, 4.69) is 26.5 Å². The van der Waals surface area contributed by atoms with Gasteiger partial charge in [-0.1, -0.05) is 45.7 Å². The highest BCUT2D eigenvalue weighted by atomic mass is 79.9. The molecule has 0 saturated carbocycles. The Morgan fingerprint density at radius 1 is 1.17 bits per heavy atom. The molecular weight excluding hydrogens is 491 g/mol. The highest BCUT2D eigenvalue weighted by Crippen LogP contribution is 2.23. The van der Waals surface area contributed by atoms with E-state index in [0.717, 1.165) is 9.37 Å². The molecule has 0 atom stereocenters. The summed E-state index contributed by atoms with van der Waals surface area (Å²) < 4.78 is 20.4. The number of carbonyl (C=O) groups excluding carboxylic acids is 1. The van der Waals surface area contributed by atoms with Crippen LogP contribution in [0.25, 0.3) is 0 Å². The van der Waals surface area contributed by atoms with Crippen molar-refractivity contribution in [3.05, 3.63) is 93.2 Å². The number of ether oxygens (including phenoxy) is 1. The molecule has 0 fully saturated rings.